The van der Waals surface area contributed by atoms with Crippen molar-refractivity contribution < 1.29 is 4.74 Å². The highest BCUT2D eigenvalue weighted by atomic mass is 16.5. The lowest BCUT2D eigenvalue weighted by atomic mass is 10.0. The maximum Gasteiger partial charge on any atom is 0.288 e. The van der Waals surface area contributed by atoms with Crippen LogP contribution < -0.4 is 15.6 Å². The van der Waals surface area contributed by atoms with Crippen molar-refractivity contribution >= 4 is 11.8 Å². The second-order valence-corrected chi connectivity index (χ2v) is 4.21. The van der Waals surface area contributed by atoms with E-state index in [1.807, 2.05) is 36.4 Å². The van der Waals surface area contributed by atoms with Crippen LogP contribution in [0.2, 0.25) is 0 Å². The minimum Gasteiger partial charge on any atom is -0.497 e. The van der Waals surface area contributed by atoms with Gasteiger partial charge in [-0.1, -0.05) is 24.3 Å². The molecule has 96 valence electrons. The number of anilines is 1. The number of ether oxygens (including phenoxy) is 1. The summed E-state index contributed by atoms with van der Waals surface area (Å²) in [5, 5.41) is 9.74. The molecule has 2 aromatic rings. The maximum atomic E-state index is 11.7. The molecule has 1 aromatic carbocycles. The number of rotatable bonds is 2. The normalized spacial score (nSPS) is 12.7. The number of nitrogens with one attached hydrogen (secondary N) is 2. The van der Waals surface area contributed by atoms with E-state index in [9.17, 15) is 4.79 Å². The van der Waals surface area contributed by atoms with Gasteiger partial charge in [0.25, 0.3) is 5.56 Å². The summed E-state index contributed by atoms with van der Waals surface area (Å²) < 4.78 is 5.21. The van der Waals surface area contributed by atoms with Crippen molar-refractivity contribution in [2.24, 2.45) is 0 Å². The SMILES string of the molecule is COc1cccc(-c2n[nH]c(=O)c3c2C=CCN3)c1. The molecule has 0 amide bonds. The highest BCUT2D eigenvalue weighted by Crippen LogP contribution is 2.29. The fourth-order valence-corrected chi connectivity index (χ4v) is 2.13. The number of aromatic amines is 1. The molecular weight excluding hydrogens is 242 g/mol. The average Bonchev–Trinajstić information content (AvgIpc) is 2.48. The molecule has 5 nitrogen and oxygen atoms in total. The third-order valence-corrected chi connectivity index (χ3v) is 3.05. The predicted molar refractivity (Wildman–Crippen MR) is 74.4 cm³/mol. The first-order valence-electron chi connectivity index (χ1n) is 5.97. The summed E-state index contributed by atoms with van der Waals surface area (Å²) in [5.74, 6) is 0.756. The van der Waals surface area contributed by atoms with Gasteiger partial charge in [-0.2, -0.15) is 5.10 Å². The second kappa shape index (κ2) is 4.61. The summed E-state index contributed by atoms with van der Waals surface area (Å²) in [4.78, 5) is 11.7. The van der Waals surface area contributed by atoms with E-state index in [0.717, 1.165) is 22.6 Å². The molecular formula is C14H13N3O2. The van der Waals surface area contributed by atoms with Gasteiger partial charge in [-0.3, -0.25) is 4.79 Å². The number of hydrogen-bond acceptors (Lipinski definition) is 4. The number of H-pyrrole nitrogens is 1. The van der Waals surface area contributed by atoms with Gasteiger partial charge in [-0.15, -0.1) is 0 Å². The van der Waals surface area contributed by atoms with Crippen LogP contribution in [0.25, 0.3) is 17.3 Å². The van der Waals surface area contributed by atoms with Crippen molar-refractivity contribution in [1.82, 2.24) is 10.2 Å². The molecule has 0 radical (unpaired) electrons. The van der Waals surface area contributed by atoms with E-state index in [1.165, 1.54) is 0 Å². The number of methoxy groups -OCH3 is 1. The third kappa shape index (κ3) is 1.99. The van der Waals surface area contributed by atoms with Gasteiger partial charge in [0.2, 0.25) is 0 Å². The summed E-state index contributed by atoms with van der Waals surface area (Å²) in [7, 11) is 1.62. The van der Waals surface area contributed by atoms with Crippen molar-refractivity contribution in [3.63, 3.8) is 0 Å². The lowest BCUT2D eigenvalue weighted by Crippen LogP contribution is -2.20. The van der Waals surface area contributed by atoms with Crippen molar-refractivity contribution in [1.29, 1.82) is 0 Å². The molecule has 2 heterocycles. The number of aromatic nitrogens is 2. The molecule has 0 bridgehead atoms. The third-order valence-electron chi connectivity index (χ3n) is 3.05. The molecule has 0 saturated heterocycles. The Morgan fingerprint density at radius 2 is 2.26 bits per heavy atom. The first kappa shape index (κ1) is 11.5. The molecule has 5 heteroatoms. The van der Waals surface area contributed by atoms with Crippen LogP contribution in [0.15, 0.2) is 35.1 Å². The largest absolute Gasteiger partial charge is 0.497 e. The van der Waals surface area contributed by atoms with Crippen LogP contribution in [-0.4, -0.2) is 23.9 Å². The summed E-state index contributed by atoms with van der Waals surface area (Å²) in [6, 6.07) is 7.60. The van der Waals surface area contributed by atoms with E-state index in [0.29, 0.717) is 12.2 Å². The van der Waals surface area contributed by atoms with Gasteiger partial charge in [0.05, 0.1) is 7.11 Å². The van der Waals surface area contributed by atoms with Gasteiger partial charge in [-0.25, -0.2) is 5.10 Å². The van der Waals surface area contributed by atoms with Crippen LogP contribution in [0.1, 0.15) is 5.56 Å². The zero-order valence-corrected chi connectivity index (χ0v) is 10.4. The predicted octanol–water partition coefficient (Wildman–Crippen LogP) is 1.88. The van der Waals surface area contributed by atoms with E-state index in [2.05, 4.69) is 15.5 Å². The quantitative estimate of drug-likeness (QED) is 0.860. The highest BCUT2D eigenvalue weighted by Gasteiger charge is 2.15. The standard InChI is InChI=1S/C14H13N3O2/c1-19-10-5-2-4-9(8-10)12-11-6-3-7-15-13(11)14(18)17-16-12/h2-6,8,15H,7H2,1H3,(H,17,18). The van der Waals surface area contributed by atoms with E-state index < -0.39 is 0 Å². The van der Waals surface area contributed by atoms with Crippen LogP contribution in [0, 0.1) is 0 Å². The van der Waals surface area contributed by atoms with E-state index in [4.69, 9.17) is 4.74 Å². The van der Waals surface area contributed by atoms with Crippen molar-refractivity contribution in [3.8, 4) is 17.0 Å². The smallest absolute Gasteiger partial charge is 0.288 e. The number of benzene rings is 1. The Labute approximate surface area is 109 Å². The minimum atomic E-state index is -0.203. The van der Waals surface area contributed by atoms with Gasteiger partial charge in [0.1, 0.15) is 17.1 Å². The first-order chi connectivity index (χ1) is 9.29. The molecule has 1 aliphatic heterocycles. The van der Waals surface area contributed by atoms with E-state index >= 15 is 0 Å². The molecule has 2 N–H and O–H groups in total. The minimum absolute atomic E-state index is 0.203. The molecule has 0 aliphatic carbocycles. The Hall–Kier alpha value is -2.56. The monoisotopic (exact) mass is 255 g/mol. The first-order valence-corrected chi connectivity index (χ1v) is 5.97. The molecule has 3 rings (SSSR count). The summed E-state index contributed by atoms with van der Waals surface area (Å²) in [5.41, 5.74) is 2.81. The molecule has 0 unspecified atom stereocenters. The maximum absolute atomic E-state index is 11.7. The van der Waals surface area contributed by atoms with Crippen molar-refractivity contribution in [2.45, 2.75) is 0 Å². The molecule has 0 fully saturated rings. The Bertz CT molecular complexity index is 704. The van der Waals surface area contributed by atoms with Crippen molar-refractivity contribution in [2.75, 3.05) is 19.0 Å². The fourth-order valence-electron chi connectivity index (χ4n) is 2.13. The molecule has 0 saturated carbocycles. The zero-order chi connectivity index (χ0) is 13.2. The Morgan fingerprint density at radius 1 is 1.37 bits per heavy atom. The Balaban J connectivity index is 2.21. The molecule has 0 spiro atoms. The Kier molecular flexibility index (Phi) is 2.79. The van der Waals surface area contributed by atoms with Crippen LogP contribution in [0.4, 0.5) is 5.69 Å². The van der Waals surface area contributed by atoms with Crippen LogP contribution in [-0.2, 0) is 0 Å². The Morgan fingerprint density at radius 3 is 3.11 bits per heavy atom. The van der Waals surface area contributed by atoms with Crippen molar-refractivity contribution in [3.05, 3.63) is 46.3 Å². The van der Waals surface area contributed by atoms with Gasteiger partial charge in [-0.05, 0) is 12.1 Å². The zero-order valence-electron chi connectivity index (χ0n) is 10.4. The van der Waals surface area contributed by atoms with Gasteiger partial charge in [0, 0.05) is 17.7 Å². The number of fused-ring (bicyclic) bond motifs is 1. The molecule has 1 aliphatic rings. The number of hydrogen-bond donors (Lipinski definition) is 2. The summed E-state index contributed by atoms with van der Waals surface area (Å²) in [6.07, 6.45) is 3.88. The molecule has 19 heavy (non-hydrogen) atoms. The van der Waals surface area contributed by atoms with Crippen LogP contribution in [0.5, 0.6) is 5.75 Å². The molecule has 1 aromatic heterocycles. The summed E-state index contributed by atoms with van der Waals surface area (Å²) in [6.45, 7) is 0.650. The summed E-state index contributed by atoms with van der Waals surface area (Å²) >= 11 is 0. The highest BCUT2D eigenvalue weighted by molar-refractivity contribution is 5.81. The fraction of sp³-hybridized carbons (Fsp3) is 0.143. The second-order valence-electron chi connectivity index (χ2n) is 4.21. The van der Waals surface area contributed by atoms with E-state index in [1.54, 1.807) is 7.11 Å². The topological polar surface area (TPSA) is 67.0 Å². The van der Waals surface area contributed by atoms with Crippen LogP contribution >= 0.6 is 0 Å². The van der Waals surface area contributed by atoms with Gasteiger partial charge in [0.15, 0.2) is 0 Å². The average molecular weight is 255 g/mol. The lowest BCUT2D eigenvalue weighted by Gasteiger charge is -2.14. The lowest BCUT2D eigenvalue weighted by molar-refractivity contribution is 0.415. The van der Waals surface area contributed by atoms with Crippen LogP contribution in [0.3, 0.4) is 0 Å². The van der Waals surface area contributed by atoms with Gasteiger partial charge >= 0.3 is 0 Å². The number of nitrogens with zero attached hydrogens (tertiary/aromatic N) is 1. The molecule has 0 atom stereocenters. The van der Waals surface area contributed by atoms with Gasteiger partial charge < -0.3 is 10.1 Å². The van der Waals surface area contributed by atoms with E-state index in [-0.39, 0.29) is 5.56 Å².